The van der Waals surface area contributed by atoms with Crippen molar-refractivity contribution in [2.75, 3.05) is 7.05 Å². The fourth-order valence-electron chi connectivity index (χ4n) is 2.08. The van der Waals surface area contributed by atoms with Gasteiger partial charge in [0, 0.05) is 20.6 Å². The molecule has 0 saturated carbocycles. The number of likely N-dealkylation sites (N-methyl/N-ethyl adjacent to an activating group) is 1. The highest BCUT2D eigenvalue weighted by Crippen LogP contribution is 2.28. The molecule has 1 unspecified atom stereocenters. The Morgan fingerprint density at radius 2 is 1.95 bits per heavy atom. The van der Waals surface area contributed by atoms with Gasteiger partial charge in [-0.1, -0.05) is 39.1 Å². The largest absolute Gasteiger partial charge is 0.313 e. The molecule has 1 nitrogen and oxygen atoms in total. The van der Waals surface area contributed by atoms with Crippen LogP contribution in [0, 0.1) is 5.82 Å². The van der Waals surface area contributed by atoms with Gasteiger partial charge >= 0.3 is 0 Å². The van der Waals surface area contributed by atoms with E-state index in [2.05, 4.69) is 21.2 Å². The second-order valence-electron chi connectivity index (χ2n) is 4.48. The van der Waals surface area contributed by atoms with E-state index in [9.17, 15) is 4.39 Å². The van der Waals surface area contributed by atoms with Crippen molar-refractivity contribution >= 4 is 39.1 Å². The van der Waals surface area contributed by atoms with Crippen molar-refractivity contribution in [3.63, 3.8) is 0 Å². The highest BCUT2D eigenvalue weighted by Gasteiger charge is 2.14. The second kappa shape index (κ2) is 6.90. The summed E-state index contributed by atoms with van der Waals surface area (Å²) < 4.78 is 14.2. The van der Waals surface area contributed by atoms with Gasteiger partial charge in [0.05, 0.1) is 0 Å². The highest BCUT2D eigenvalue weighted by atomic mass is 79.9. The highest BCUT2D eigenvalue weighted by molar-refractivity contribution is 9.10. The summed E-state index contributed by atoms with van der Waals surface area (Å²) in [5, 5.41) is 4.42. The lowest BCUT2D eigenvalue weighted by Gasteiger charge is -2.18. The minimum absolute atomic E-state index is 0.00398. The zero-order valence-electron chi connectivity index (χ0n) is 10.8. The molecule has 0 amide bonds. The maximum Gasteiger partial charge on any atom is 0.123 e. The van der Waals surface area contributed by atoms with Gasteiger partial charge in [0.2, 0.25) is 0 Å². The molecule has 0 radical (unpaired) electrons. The fraction of sp³-hybridized carbons (Fsp3) is 0.200. The molecule has 0 heterocycles. The van der Waals surface area contributed by atoms with E-state index in [1.165, 1.54) is 12.1 Å². The Hall–Kier alpha value is -0.610. The summed E-state index contributed by atoms with van der Waals surface area (Å²) in [6.45, 7) is 0. The Balaban J connectivity index is 2.30. The summed E-state index contributed by atoms with van der Waals surface area (Å²) >= 11 is 15.6. The molecule has 2 rings (SSSR count). The van der Waals surface area contributed by atoms with Crippen LogP contribution in [0.2, 0.25) is 10.0 Å². The van der Waals surface area contributed by atoms with Crippen LogP contribution in [0.15, 0.2) is 40.9 Å². The van der Waals surface area contributed by atoms with E-state index in [0.717, 1.165) is 15.6 Å². The molecule has 1 N–H and O–H groups in total. The predicted octanol–water partition coefficient (Wildman–Crippen LogP) is 5.40. The van der Waals surface area contributed by atoms with Gasteiger partial charge in [-0.05, 0) is 61.0 Å². The van der Waals surface area contributed by atoms with Crippen LogP contribution in [0.3, 0.4) is 0 Å². The number of hydrogen-bond donors (Lipinski definition) is 1. The molecule has 5 heteroatoms. The lowest BCUT2D eigenvalue weighted by Crippen LogP contribution is -2.19. The Labute approximate surface area is 136 Å². The average Bonchev–Trinajstić information content (AvgIpc) is 2.38. The van der Waals surface area contributed by atoms with E-state index < -0.39 is 0 Å². The molecule has 0 aromatic heterocycles. The third-order valence-electron chi connectivity index (χ3n) is 3.07. The molecule has 20 heavy (non-hydrogen) atoms. The summed E-state index contributed by atoms with van der Waals surface area (Å²) in [6, 6.07) is 10.1. The standard InChI is InChI=1S/C15H13BrCl2FN/c1-20-15(10-4-11(16)8-12(17)5-10)7-9-6-13(19)2-3-14(9)18/h2-6,8,15,20H,7H2,1H3. The van der Waals surface area contributed by atoms with Crippen molar-refractivity contribution in [1.29, 1.82) is 0 Å². The van der Waals surface area contributed by atoms with E-state index in [-0.39, 0.29) is 11.9 Å². The van der Waals surface area contributed by atoms with E-state index >= 15 is 0 Å². The van der Waals surface area contributed by atoms with Crippen molar-refractivity contribution in [1.82, 2.24) is 5.32 Å². The first kappa shape index (κ1) is 15.8. The maximum atomic E-state index is 13.3. The second-order valence-corrected chi connectivity index (χ2v) is 6.24. The summed E-state index contributed by atoms with van der Waals surface area (Å²) in [7, 11) is 1.85. The normalized spacial score (nSPS) is 12.4. The maximum absolute atomic E-state index is 13.3. The van der Waals surface area contributed by atoms with Crippen LogP contribution < -0.4 is 5.32 Å². The van der Waals surface area contributed by atoms with Crippen molar-refractivity contribution in [3.8, 4) is 0 Å². The zero-order valence-corrected chi connectivity index (χ0v) is 13.9. The van der Waals surface area contributed by atoms with Crippen LogP contribution in [0.5, 0.6) is 0 Å². The van der Waals surface area contributed by atoms with Crippen molar-refractivity contribution in [2.45, 2.75) is 12.5 Å². The van der Waals surface area contributed by atoms with Gasteiger partial charge < -0.3 is 5.32 Å². The van der Waals surface area contributed by atoms with Crippen LogP contribution in [-0.4, -0.2) is 7.05 Å². The van der Waals surface area contributed by atoms with E-state index in [1.54, 1.807) is 6.07 Å². The third kappa shape index (κ3) is 3.95. The van der Waals surface area contributed by atoms with Crippen LogP contribution in [-0.2, 0) is 6.42 Å². The van der Waals surface area contributed by atoms with Crippen LogP contribution in [0.25, 0.3) is 0 Å². The van der Waals surface area contributed by atoms with E-state index in [0.29, 0.717) is 16.5 Å². The summed E-state index contributed by atoms with van der Waals surface area (Å²) in [5.74, 6) is -0.286. The van der Waals surface area contributed by atoms with Crippen LogP contribution >= 0.6 is 39.1 Å². The minimum Gasteiger partial charge on any atom is -0.313 e. The molecule has 0 aliphatic rings. The molecule has 2 aromatic carbocycles. The van der Waals surface area contributed by atoms with Gasteiger partial charge in [0.15, 0.2) is 0 Å². The van der Waals surface area contributed by atoms with Gasteiger partial charge in [0.25, 0.3) is 0 Å². The van der Waals surface area contributed by atoms with Crippen molar-refractivity contribution in [2.24, 2.45) is 0 Å². The molecular weight excluding hydrogens is 364 g/mol. The molecule has 0 fully saturated rings. The van der Waals surface area contributed by atoms with Gasteiger partial charge in [-0.15, -0.1) is 0 Å². The first-order chi connectivity index (χ1) is 9.49. The average molecular weight is 377 g/mol. The van der Waals surface area contributed by atoms with Gasteiger partial charge in [-0.25, -0.2) is 4.39 Å². The smallest absolute Gasteiger partial charge is 0.123 e. The molecule has 0 bridgehead atoms. The van der Waals surface area contributed by atoms with E-state index in [4.69, 9.17) is 23.2 Å². The van der Waals surface area contributed by atoms with Crippen LogP contribution in [0.4, 0.5) is 4.39 Å². The molecule has 1 atom stereocenters. The lowest BCUT2D eigenvalue weighted by atomic mass is 9.99. The summed E-state index contributed by atoms with van der Waals surface area (Å²) in [5.41, 5.74) is 1.79. The van der Waals surface area contributed by atoms with Gasteiger partial charge in [-0.3, -0.25) is 0 Å². The Bertz CT molecular complexity index is 599. The molecule has 106 valence electrons. The van der Waals surface area contributed by atoms with Crippen molar-refractivity contribution in [3.05, 3.63) is 67.9 Å². The quantitative estimate of drug-likeness (QED) is 0.753. The number of benzene rings is 2. The zero-order chi connectivity index (χ0) is 14.7. The Kier molecular flexibility index (Phi) is 5.44. The molecule has 0 saturated heterocycles. The molecule has 0 aliphatic heterocycles. The number of nitrogens with one attached hydrogen (secondary N) is 1. The minimum atomic E-state index is -0.286. The first-order valence-electron chi connectivity index (χ1n) is 6.07. The Morgan fingerprint density at radius 3 is 2.60 bits per heavy atom. The molecule has 0 aliphatic carbocycles. The Morgan fingerprint density at radius 1 is 1.20 bits per heavy atom. The SMILES string of the molecule is CNC(Cc1cc(F)ccc1Cl)c1cc(Cl)cc(Br)c1. The number of hydrogen-bond acceptors (Lipinski definition) is 1. The third-order valence-corrected chi connectivity index (χ3v) is 4.11. The van der Waals surface area contributed by atoms with Gasteiger partial charge in [0.1, 0.15) is 5.82 Å². The molecular formula is C15H13BrCl2FN. The van der Waals surface area contributed by atoms with E-state index in [1.807, 2.05) is 25.2 Å². The number of rotatable bonds is 4. The van der Waals surface area contributed by atoms with Gasteiger partial charge in [-0.2, -0.15) is 0 Å². The fourth-order valence-corrected chi connectivity index (χ4v) is 3.16. The lowest BCUT2D eigenvalue weighted by molar-refractivity contribution is 0.584. The first-order valence-corrected chi connectivity index (χ1v) is 7.61. The van der Waals surface area contributed by atoms with Crippen molar-refractivity contribution < 1.29 is 4.39 Å². The predicted molar refractivity (Wildman–Crippen MR) is 86.1 cm³/mol. The molecule has 0 spiro atoms. The topological polar surface area (TPSA) is 12.0 Å². The summed E-state index contributed by atoms with van der Waals surface area (Å²) in [4.78, 5) is 0. The monoisotopic (exact) mass is 375 g/mol. The summed E-state index contributed by atoms with van der Waals surface area (Å²) in [6.07, 6.45) is 0.583. The molecule has 2 aromatic rings. The van der Waals surface area contributed by atoms with Crippen LogP contribution in [0.1, 0.15) is 17.2 Å². The number of halogens is 4.